The van der Waals surface area contributed by atoms with E-state index in [-0.39, 0.29) is 11.8 Å². The second-order valence-electron chi connectivity index (χ2n) is 4.04. The van der Waals surface area contributed by atoms with Gasteiger partial charge in [-0.1, -0.05) is 12.1 Å². The van der Waals surface area contributed by atoms with Crippen LogP contribution in [0, 0.1) is 0 Å². The molecule has 90 valence electrons. The maximum atomic E-state index is 12.1. The minimum absolute atomic E-state index is 0.203. The molecule has 0 radical (unpaired) electrons. The van der Waals surface area contributed by atoms with Crippen LogP contribution in [0.3, 0.4) is 0 Å². The molecule has 0 saturated heterocycles. The van der Waals surface area contributed by atoms with Crippen molar-refractivity contribution < 1.29 is 9.59 Å². The summed E-state index contributed by atoms with van der Waals surface area (Å²) >= 11 is 1.51. The Morgan fingerprint density at radius 1 is 1.11 bits per heavy atom. The van der Waals surface area contributed by atoms with Crippen LogP contribution >= 0.6 is 11.3 Å². The van der Waals surface area contributed by atoms with Gasteiger partial charge in [0.05, 0.1) is 22.3 Å². The summed E-state index contributed by atoms with van der Waals surface area (Å²) in [7, 11) is 0. The number of benzene rings is 1. The highest BCUT2D eigenvalue weighted by Crippen LogP contribution is 2.22. The molecule has 3 rings (SSSR count). The average Bonchev–Trinajstić information content (AvgIpc) is 2.98. The Morgan fingerprint density at radius 2 is 1.78 bits per heavy atom. The first-order valence-electron chi connectivity index (χ1n) is 5.59. The van der Waals surface area contributed by atoms with Crippen molar-refractivity contribution >= 4 is 23.2 Å². The first kappa shape index (κ1) is 11.1. The zero-order valence-electron chi connectivity index (χ0n) is 9.50. The molecule has 0 fully saturated rings. The van der Waals surface area contributed by atoms with Gasteiger partial charge in [-0.15, -0.1) is 11.3 Å². The first-order chi connectivity index (χ1) is 8.77. The van der Waals surface area contributed by atoms with E-state index in [0.29, 0.717) is 24.1 Å². The van der Waals surface area contributed by atoms with Crippen molar-refractivity contribution in [3.05, 3.63) is 52.0 Å². The number of carbonyl (C=O) groups is 2. The van der Waals surface area contributed by atoms with E-state index in [0.717, 1.165) is 5.69 Å². The largest absolute Gasteiger partial charge is 0.274 e. The molecular weight excluding hydrogens is 248 g/mol. The molecule has 4 nitrogen and oxygen atoms in total. The molecule has 0 unspecified atom stereocenters. The van der Waals surface area contributed by atoms with E-state index < -0.39 is 0 Å². The number of amides is 2. The van der Waals surface area contributed by atoms with Gasteiger partial charge in [-0.3, -0.25) is 14.5 Å². The zero-order chi connectivity index (χ0) is 12.5. The number of hydrogen-bond acceptors (Lipinski definition) is 4. The maximum absolute atomic E-state index is 12.1. The summed E-state index contributed by atoms with van der Waals surface area (Å²) in [5.41, 5.74) is 3.66. The van der Waals surface area contributed by atoms with Crippen LogP contribution in [0.15, 0.2) is 35.2 Å². The first-order valence-corrected chi connectivity index (χ1v) is 6.54. The lowest BCUT2D eigenvalue weighted by molar-refractivity contribution is 0.0656. The highest BCUT2D eigenvalue weighted by molar-refractivity contribution is 7.07. The zero-order valence-corrected chi connectivity index (χ0v) is 10.3. The smallest absolute Gasteiger partial charge is 0.261 e. The Bertz CT molecular complexity index is 572. The quantitative estimate of drug-likeness (QED) is 0.791. The number of nitrogens with zero attached hydrogens (tertiary/aromatic N) is 2. The highest BCUT2D eigenvalue weighted by Gasteiger charge is 2.34. The van der Waals surface area contributed by atoms with Crippen LogP contribution in [0.4, 0.5) is 0 Å². The number of carbonyl (C=O) groups excluding carboxylic acids is 2. The molecule has 1 aliphatic rings. The summed E-state index contributed by atoms with van der Waals surface area (Å²) in [5, 5.41) is 1.93. The molecule has 1 aromatic carbocycles. The minimum Gasteiger partial charge on any atom is -0.274 e. The lowest BCUT2D eigenvalue weighted by atomic mass is 10.1. The van der Waals surface area contributed by atoms with E-state index in [1.807, 2.05) is 5.38 Å². The van der Waals surface area contributed by atoms with E-state index in [1.54, 1.807) is 29.8 Å². The second-order valence-corrected chi connectivity index (χ2v) is 4.76. The van der Waals surface area contributed by atoms with Gasteiger partial charge in [0.1, 0.15) is 0 Å². The Hall–Kier alpha value is -2.01. The topological polar surface area (TPSA) is 50.3 Å². The fraction of sp³-hybridized carbons (Fsp3) is 0.154. The third-order valence-corrected chi connectivity index (χ3v) is 3.59. The average molecular weight is 258 g/mol. The second kappa shape index (κ2) is 4.34. The molecule has 2 heterocycles. The van der Waals surface area contributed by atoms with E-state index >= 15 is 0 Å². The van der Waals surface area contributed by atoms with Crippen molar-refractivity contribution in [2.75, 3.05) is 6.54 Å². The number of imide groups is 1. The number of aromatic nitrogens is 1. The van der Waals surface area contributed by atoms with Gasteiger partial charge < -0.3 is 0 Å². The molecule has 5 heteroatoms. The SMILES string of the molecule is O=C1c2ccccc2C(=O)N1CCc1cscn1. The summed E-state index contributed by atoms with van der Waals surface area (Å²) < 4.78 is 0. The Labute approximate surface area is 108 Å². The van der Waals surface area contributed by atoms with Gasteiger partial charge >= 0.3 is 0 Å². The fourth-order valence-corrected chi connectivity index (χ4v) is 2.62. The van der Waals surface area contributed by atoms with Gasteiger partial charge in [-0.2, -0.15) is 0 Å². The van der Waals surface area contributed by atoms with Crippen molar-refractivity contribution in [1.29, 1.82) is 0 Å². The van der Waals surface area contributed by atoms with Crippen LogP contribution in [-0.2, 0) is 6.42 Å². The van der Waals surface area contributed by atoms with Gasteiger partial charge in [0.15, 0.2) is 0 Å². The summed E-state index contributed by atoms with van der Waals surface area (Å²) in [6, 6.07) is 6.93. The predicted octanol–water partition coefficient (Wildman–Crippen LogP) is 1.98. The lowest BCUT2D eigenvalue weighted by Gasteiger charge is -2.12. The Balaban J connectivity index is 1.80. The fourth-order valence-electron chi connectivity index (χ4n) is 2.03. The van der Waals surface area contributed by atoms with E-state index in [4.69, 9.17) is 0 Å². The Kier molecular flexibility index (Phi) is 2.68. The molecule has 0 N–H and O–H groups in total. The minimum atomic E-state index is -0.203. The molecule has 0 atom stereocenters. The predicted molar refractivity (Wildman–Crippen MR) is 67.6 cm³/mol. The van der Waals surface area contributed by atoms with Crippen molar-refractivity contribution in [3.63, 3.8) is 0 Å². The monoisotopic (exact) mass is 258 g/mol. The van der Waals surface area contributed by atoms with Gasteiger partial charge in [-0.25, -0.2) is 4.98 Å². The number of thiazole rings is 1. The molecule has 18 heavy (non-hydrogen) atoms. The number of fused-ring (bicyclic) bond motifs is 1. The molecule has 2 amide bonds. The summed E-state index contributed by atoms with van der Waals surface area (Å²) in [6.07, 6.45) is 0.606. The van der Waals surface area contributed by atoms with Gasteiger partial charge in [0.2, 0.25) is 0 Å². The maximum Gasteiger partial charge on any atom is 0.261 e. The van der Waals surface area contributed by atoms with Crippen LogP contribution in [0.25, 0.3) is 0 Å². The van der Waals surface area contributed by atoms with E-state index in [9.17, 15) is 9.59 Å². The third kappa shape index (κ3) is 1.73. The van der Waals surface area contributed by atoms with E-state index in [2.05, 4.69) is 4.98 Å². The molecule has 0 aliphatic carbocycles. The number of hydrogen-bond donors (Lipinski definition) is 0. The molecular formula is C13H10N2O2S. The summed E-state index contributed by atoms with van der Waals surface area (Å²) in [5.74, 6) is -0.406. The van der Waals surface area contributed by atoms with Gasteiger partial charge in [0.25, 0.3) is 11.8 Å². The molecule has 2 aromatic rings. The molecule has 1 aromatic heterocycles. The van der Waals surface area contributed by atoms with Crippen molar-refractivity contribution in [2.45, 2.75) is 6.42 Å². The van der Waals surface area contributed by atoms with Crippen LogP contribution in [0.2, 0.25) is 0 Å². The van der Waals surface area contributed by atoms with E-state index in [1.165, 1.54) is 16.2 Å². The highest BCUT2D eigenvalue weighted by atomic mass is 32.1. The van der Waals surface area contributed by atoms with Gasteiger partial charge in [0, 0.05) is 18.3 Å². The van der Waals surface area contributed by atoms with Crippen LogP contribution in [0.5, 0.6) is 0 Å². The van der Waals surface area contributed by atoms with Crippen LogP contribution < -0.4 is 0 Å². The van der Waals surface area contributed by atoms with Gasteiger partial charge in [-0.05, 0) is 12.1 Å². The lowest BCUT2D eigenvalue weighted by Crippen LogP contribution is -2.31. The standard InChI is InChI=1S/C13H10N2O2S/c16-12-10-3-1-2-4-11(10)13(17)15(12)6-5-9-7-18-8-14-9/h1-4,7-8H,5-6H2. The summed E-state index contributed by atoms with van der Waals surface area (Å²) in [6.45, 7) is 0.385. The van der Waals surface area contributed by atoms with Crippen molar-refractivity contribution in [1.82, 2.24) is 9.88 Å². The summed E-state index contributed by atoms with van der Waals surface area (Å²) in [4.78, 5) is 29.5. The normalized spacial score (nSPS) is 14.1. The molecule has 0 spiro atoms. The molecule has 1 aliphatic heterocycles. The van der Waals surface area contributed by atoms with Crippen molar-refractivity contribution in [3.8, 4) is 0 Å². The van der Waals surface area contributed by atoms with Crippen LogP contribution in [-0.4, -0.2) is 28.2 Å². The third-order valence-electron chi connectivity index (χ3n) is 2.95. The Morgan fingerprint density at radius 3 is 2.33 bits per heavy atom. The van der Waals surface area contributed by atoms with Crippen molar-refractivity contribution in [2.24, 2.45) is 0 Å². The molecule has 0 saturated carbocycles. The van der Waals surface area contributed by atoms with Crippen LogP contribution in [0.1, 0.15) is 26.4 Å². The molecule has 0 bridgehead atoms. The number of rotatable bonds is 3.